The molecule has 2 rings (SSSR count). The van der Waals surface area contributed by atoms with Crippen molar-refractivity contribution in [1.82, 2.24) is 9.97 Å². The van der Waals surface area contributed by atoms with Gasteiger partial charge in [0.2, 0.25) is 5.88 Å². The van der Waals surface area contributed by atoms with Gasteiger partial charge in [0.05, 0.1) is 11.9 Å². The smallest absolute Gasteiger partial charge is 0.238 e. The van der Waals surface area contributed by atoms with E-state index >= 15 is 0 Å². The zero-order valence-electron chi connectivity index (χ0n) is 11.6. The first-order chi connectivity index (χ1) is 9.10. The molecule has 2 aromatic rings. The predicted molar refractivity (Wildman–Crippen MR) is 75.3 cm³/mol. The molecule has 0 saturated heterocycles. The van der Waals surface area contributed by atoms with Crippen LogP contribution in [0.1, 0.15) is 36.6 Å². The Labute approximate surface area is 113 Å². The fourth-order valence-electron chi connectivity index (χ4n) is 1.73. The summed E-state index contributed by atoms with van der Waals surface area (Å²) < 4.78 is 5.81. The summed E-state index contributed by atoms with van der Waals surface area (Å²) >= 11 is 0. The monoisotopic (exact) mass is 257 g/mol. The first-order valence-corrected chi connectivity index (χ1v) is 6.39. The van der Waals surface area contributed by atoms with Crippen molar-refractivity contribution >= 4 is 0 Å². The van der Waals surface area contributed by atoms with Crippen molar-refractivity contribution in [2.75, 3.05) is 0 Å². The van der Waals surface area contributed by atoms with E-state index in [9.17, 15) is 0 Å². The zero-order chi connectivity index (χ0) is 13.8. The van der Waals surface area contributed by atoms with Crippen LogP contribution in [0.5, 0.6) is 11.6 Å². The Morgan fingerprint density at radius 1 is 1.26 bits per heavy atom. The van der Waals surface area contributed by atoms with Crippen molar-refractivity contribution in [3.63, 3.8) is 0 Å². The Kier molecular flexibility index (Phi) is 4.12. The molecule has 0 bridgehead atoms. The van der Waals surface area contributed by atoms with E-state index in [0.29, 0.717) is 18.3 Å². The molecule has 0 aliphatic carbocycles. The van der Waals surface area contributed by atoms with E-state index in [1.54, 1.807) is 12.4 Å². The fourth-order valence-corrected chi connectivity index (χ4v) is 1.73. The third kappa shape index (κ3) is 3.29. The van der Waals surface area contributed by atoms with Crippen LogP contribution in [0.25, 0.3) is 0 Å². The average Bonchev–Trinajstić information content (AvgIpc) is 2.41. The summed E-state index contributed by atoms with van der Waals surface area (Å²) in [6.07, 6.45) is 3.24. The molecule has 0 atom stereocenters. The molecule has 4 heteroatoms. The van der Waals surface area contributed by atoms with Crippen LogP contribution < -0.4 is 10.5 Å². The highest BCUT2D eigenvalue weighted by atomic mass is 16.5. The molecule has 0 aliphatic rings. The lowest BCUT2D eigenvalue weighted by Gasteiger charge is -2.12. The molecule has 1 aromatic heterocycles. The van der Waals surface area contributed by atoms with Gasteiger partial charge in [0.1, 0.15) is 5.75 Å². The normalized spacial score (nSPS) is 10.8. The topological polar surface area (TPSA) is 61.0 Å². The summed E-state index contributed by atoms with van der Waals surface area (Å²) in [5.74, 6) is 1.76. The number of hydrogen-bond acceptors (Lipinski definition) is 4. The number of rotatable bonds is 4. The molecule has 1 aromatic carbocycles. The number of hydrogen-bond donors (Lipinski definition) is 1. The number of ether oxygens (including phenoxy) is 1. The molecule has 0 spiro atoms. The molecule has 2 N–H and O–H groups in total. The molecular formula is C15H19N3O. The molecule has 0 unspecified atom stereocenters. The van der Waals surface area contributed by atoms with Gasteiger partial charge in [-0.3, -0.25) is 4.98 Å². The van der Waals surface area contributed by atoms with Crippen molar-refractivity contribution in [3.05, 3.63) is 47.4 Å². The average molecular weight is 257 g/mol. The standard InChI is InChI=1S/C15H19N3O/c1-10(2)12-5-4-11(3)14(6-12)19-15-9-17-8-13(7-16)18-15/h4-6,8-10H,7,16H2,1-3H3. The van der Waals surface area contributed by atoms with E-state index in [0.717, 1.165) is 17.0 Å². The van der Waals surface area contributed by atoms with Crippen LogP contribution in [0.2, 0.25) is 0 Å². The molecule has 0 radical (unpaired) electrons. The van der Waals surface area contributed by atoms with E-state index in [1.807, 2.05) is 6.92 Å². The molecule has 0 saturated carbocycles. The lowest BCUT2D eigenvalue weighted by Crippen LogP contribution is -2.02. The second-order valence-corrected chi connectivity index (χ2v) is 4.83. The number of benzene rings is 1. The molecular weight excluding hydrogens is 238 g/mol. The van der Waals surface area contributed by atoms with Crippen LogP contribution in [0.3, 0.4) is 0 Å². The van der Waals surface area contributed by atoms with Crippen LogP contribution in [0, 0.1) is 6.92 Å². The molecule has 1 heterocycles. The summed E-state index contributed by atoms with van der Waals surface area (Å²) in [5.41, 5.74) is 8.58. The quantitative estimate of drug-likeness (QED) is 0.914. The lowest BCUT2D eigenvalue weighted by atomic mass is 10.0. The first-order valence-electron chi connectivity index (χ1n) is 6.39. The highest BCUT2D eigenvalue weighted by molar-refractivity contribution is 5.39. The Morgan fingerprint density at radius 2 is 2.05 bits per heavy atom. The van der Waals surface area contributed by atoms with Crippen molar-refractivity contribution in [2.24, 2.45) is 5.73 Å². The molecule has 0 aliphatic heterocycles. The van der Waals surface area contributed by atoms with E-state index in [4.69, 9.17) is 10.5 Å². The van der Waals surface area contributed by atoms with Crippen molar-refractivity contribution in [1.29, 1.82) is 0 Å². The van der Waals surface area contributed by atoms with Gasteiger partial charge < -0.3 is 10.5 Å². The van der Waals surface area contributed by atoms with Gasteiger partial charge in [-0.05, 0) is 30.0 Å². The zero-order valence-corrected chi connectivity index (χ0v) is 11.6. The maximum atomic E-state index is 5.81. The maximum absolute atomic E-state index is 5.81. The Hall–Kier alpha value is -1.94. The minimum absolute atomic E-state index is 0.356. The van der Waals surface area contributed by atoms with Gasteiger partial charge in [0.15, 0.2) is 0 Å². The SMILES string of the molecule is Cc1ccc(C(C)C)cc1Oc1cncc(CN)n1. The van der Waals surface area contributed by atoms with Gasteiger partial charge in [0, 0.05) is 12.7 Å². The summed E-state index contributed by atoms with van der Waals surface area (Å²) in [7, 11) is 0. The Morgan fingerprint density at radius 3 is 2.74 bits per heavy atom. The molecule has 100 valence electrons. The summed E-state index contributed by atoms with van der Waals surface area (Å²) in [6.45, 7) is 6.68. The highest BCUT2D eigenvalue weighted by Gasteiger charge is 2.07. The fraction of sp³-hybridized carbons (Fsp3) is 0.333. The van der Waals surface area contributed by atoms with Crippen LogP contribution in [-0.2, 0) is 6.54 Å². The van der Waals surface area contributed by atoms with Gasteiger partial charge in [-0.1, -0.05) is 26.0 Å². The number of nitrogens with two attached hydrogens (primary N) is 1. The summed E-state index contributed by atoms with van der Waals surface area (Å²) in [6, 6.07) is 6.23. The number of nitrogens with zero attached hydrogens (tertiary/aromatic N) is 2. The molecule has 4 nitrogen and oxygen atoms in total. The second kappa shape index (κ2) is 5.80. The van der Waals surface area contributed by atoms with E-state index in [2.05, 4.69) is 42.0 Å². The van der Waals surface area contributed by atoms with Gasteiger partial charge >= 0.3 is 0 Å². The largest absolute Gasteiger partial charge is 0.437 e. The number of aromatic nitrogens is 2. The third-order valence-corrected chi connectivity index (χ3v) is 2.96. The van der Waals surface area contributed by atoms with Crippen molar-refractivity contribution in [3.8, 4) is 11.6 Å². The van der Waals surface area contributed by atoms with Gasteiger partial charge in [0.25, 0.3) is 0 Å². The minimum Gasteiger partial charge on any atom is -0.437 e. The predicted octanol–water partition coefficient (Wildman–Crippen LogP) is 3.16. The molecule has 0 fully saturated rings. The summed E-state index contributed by atoms with van der Waals surface area (Å²) in [4.78, 5) is 8.36. The Bertz CT molecular complexity index is 567. The lowest BCUT2D eigenvalue weighted by molar-refractivity contribution is 0.453. The van der Waals surface area contributed by atoms with Crippen molar-refractivity contribution in [2.45, 2.75) is 33.2 Å². The maximum Gasteiger partial charge on any atom is 0.238 e. The van der Waals surface area contributed by atoms with E-state index < -0.39 is 0 Å². The first kappa shape index (κ1) is 13.5. The minimum atomic E-state index is 0.356. The van der Waals surface area contributed by atoms with E-state index in [-0.39, 0.29) is 0 Å². The van der Waals surface area contributed by atoms with Gasteiger partial charge in [-0.25, -0.2) is 4.98 Å². The van der Waals surface area contributed by atoms with Crippen molar-refractivity contribution < 1.29 is 4.74 Å². The van der Waals surface area contributed by atoms with E-state index in [1.165, 1.54) is 5.56 Å². The van der Waals surface area contributed by atoms with Crippen LogP contribution >= 0.6 is 0 Å². The van der Waals surface area contributed by atoms with Crippen LogP contribution in [0.4, 0.5) is 0 Å². The molecule has 0 amide bonds. The van der Waals surface area contributed by atoms with Crippen LogP contribution in [0.15, 0.2) is 30.6 Å². The number of aryl methyl sites for hydroxylation is 1. The van der Waals surface area contributed by atoms with Gasteiger partial charge in [-0.15, -0.1) is 0 Å². The van der Waals surface area contributed by atoms with Gasteiger partial charge in [-0.2, -0.15) is 0 Å². The third-order valence-electron chi connectivity index (χ3n) is 2.96. The van der Waals surface area contributed by atoms with Crippen LogP contribution in [-0.4, -0.2) is 9.97 Å². The highest BCUT2D eigenvalue weighted by Crippen LogP contribution is 2.27. The summed E-state index contributed by atoms with van der Waals surface area (Å²) in [5, 5.41) is 0. The molecule has 19 heavy (non-hydrogen) atoms. The second-order valence-electron chi connectivity index (χ2n) is 4.83. The Balaban J connectivity index is 2.29.